The second kappa shape index (κ2) is 10.2. The number of rotatable bonds is 8. The molecule has 0 fully saturated rings. The van der Waals surface area contributed by atoms with Crippen LogP contribution in [0.1, 0.15) is 24.5 Å². The van der Waals surface area contributed by atoms with Gasteiger partial charge < -0.3 is 9.84 Å². The van der Waals surface area contributed by atoms with Crippen LogP contribution < -0.4 is 16.0 Å². The van der Waals surface area contributed by atoms with Crippen molar-refractivity contribution >= 4 is 22.8 Å². The van der Waals surface area contributed by atoms with E-state index < -0.39 is 23.0 Å². The van der Waals surface area contributed by atoms with Gasteiger partial charge in [-0.25, -0.2) is 4.79 Å². The molecule has 1 N–H and O–H groups in total. The number of nitrogens with zero attached hydrogens (tertiary/aromatic N) is 4. The minimum Gasteiger partial charge on any atom is -0.425 e. The standard InChI is InChI=1S/C24H22ClF3N4O4/c1-2-30-20-19(21(34)31(23(30)35)12-3-13-33)32(14-15-4-8-17(25)9-5-15)22(29-20)36-18-10-6-16(7-11-18)24(26,27)28/h4-11,33H,2-3,12-14H2,1H3. The van der Waals surface area contributed by atoms with Crippen molar-refractivity contribution in [3.63, 3.8) is 0 Å². The second-order valence-corrected chi connectivity index (χ2v) is 8.40. The van der Waals surface area contributed by atoms with Gasteiger partial charge in [0.05, 0.1) is 12.1 Å². The van der Waals surface area contributed by atoms with Gasteiger partial charge in [0.1, 0.15) is 5.75 Å². The predicted molar refractivity (Wildman–Crippen MR) is 128 cm³/mol. The number of benzene rings is 2. The van der Waals surface area contributed by atoms with Crippen molar-refractivity contribution in [1.29, 1.82) is 0 Å². The highest BCUT2D eigenvalue weighted by atomic mass is 35.5. The zero-order valence-electron chi connectivity index (χ0n) is 19.1. The van der Waals surface area contributed by atoms with E-state index in [0.29, 0.717) is 5.02 Å². The minimum absolute atomic E-state index is 0.00528. The monoisotopic (exact) mass is 522 g/mol. The van der Waals surface area contributed by atoms with Crippen molar-refractivity contribution in [1.82, 2.24) is 18.7 Å². The van der Waals surface area contributed by atoms with Crippen LogP contribution >= 0.6 is 11.6 Å². The lowest BCUT2D eigenvalue weighted by atomic mass is 10.2. The molecule has 0 spiro atoms. The molecule has 0 atom stereocenters. The molecule has 0 unspecified atom stereocenters. The predicted octanol–water partition coefficient (Wildman–Crippen LogP) is 4.27. The summed E-state index contributed by atoms with van der Waals surface area (Å²) in [4.78, 5) is 30.8. The first-order valence-electron chi connectivity index (χ1n) is 11.1. The van der Waals surface area contributed by atoms with Crippen molar-refractivity contribution in [2.45, 2.75) is 39.2 Å². The van der Waals surface area contributed by atoms with Crippen LogP contribution in [-0.4, -0.2) is 30.4 Å². The summed E-state index contributed by atoms with van der Waals surface area (Å²) >= 11 is 5.99. The third-order valence-electron chi connectivity index (χ3n) is 5.58. The lowest BCUT2D eigenvalue weighted by Gasteiger charge is -2.12. The Bertz CT molecular complexity index is 1490. The fourth-order valence-corrected chi connectivity index (χ4v) is 3.92. The van der Waals surface area contributed by atoms with E-state index in [9.17, 15) is 27.9 Å². The van der Waals surface area contributed by atoms with Crippen LogP contribution in [0.15, 0.2) is 58.1 Å². The van der Waals surface area contributed by atoms with Gasteiger partial charge in [-0.05, 0) is 55.3 Å². The highest BCUT2D eigenvalue weighted by Crippen LogP contribution is 2.32. The maximum atomic E-state index is 13.4. The number of aryl methyl sites for hydroxylation is 1. The number of aliphatic hydroxyl groups excluding tert-OH is 1. The molecule has 0 aliphatic heterocycles. The summed E-state index contributed by atoms with van der Waals surface area (Å²) in [6.45, 7) is 1.83. The van der Waals surface area contributed by atoms with Crippen LogP contribution in [0.4, 0.5) is 13.2 Å². The van der Waals surface area contributed by atoms with Gasteiger partial charge in [-0.1, -0.05) is 23.7 Å². The molecular weight excluding hydrogens is 501 g/mol. The van der Waals surface area contributed by atoms with E-state index in [1.807, 2.05) is 0 Å². The molecule has 0 aliphatic rings. The van der Waals surface area contributed by atoms with E-state index in [-0.39, 0.29) is 55.6 Å². The first kappa shape index (κ1) is 25.5. The lowest BCUT2D eigenvalue weighted by Crippen LogP contribution is -2.40. The molecule has 0 saturated carbocycles. The molecule has 190 valence electrons. The molecule has 0 bridgehead atoms. The Balaban J connectivity index is 1.90. The third kappa shape index (κ3) is 5.02. The molecule has 4 rings (SSSR count). The van der Waals surface area contributed by atoms with Crippen LogP contribution in [-0.2, 0) is 25.8 Å². The van der Waals surface area contributed by atoms with Crippen LogP contribution in [0.5, 0.6) is 11.8 Å². The molecule has 0 amide bonds. The maximum absolute atomic E-state index is 13.4. The molecule has 36 heavy (non-hydrogen) atoms. The number of aliphatic hydroxyl groups is 1. The van der Waals surface area contributed by atoms with E-state index in [1.165, 1.54) is 9.13 Å². The lowest BCUT2D eigenvalue weighted by molar-refractivity contribution is -0.137. The summed E-state index contributed by atoms with van der Waals surface area (Å²) in [6.07, 6.45) is -4.30. The van der Waals surface area contributed by atoms with E-state index in [2.05, 4.69) is 4.98 Å². The van der Waals surface area contributed by atoms with Gasteiger partial charge in [0.15, 0.2) is 11.2 Å². The van der Waals surface area contributed by atoms with Crippen molar-refractivity contribution in [3.05, 3.63) is 85.5 Å². The Hall–Kier alpha value is -3.57. The highest BCUT2D eigenvalue weighted by Gasteiger charge is 2.30. The van der Waals surface area contributed by atoms with Crippen LogP contribution in [0.2, 0.25) is 5.02 Å². The van der Waals surface area contributed by atoms with E-state index >= 15 is 0 Å². The fourth-order valence-electron chi connectivity index (χ4n) is 3.80. The molecule has 2 aromatic carbocycles. The number of ether oxygens (including phenoxy) is 1. The Kier molecular flexibility index (Phi) is 7.23. The normalized spacial score (nSPS) is 11.8. The quantitative estimate of drug-likeness (QED) is 0.373. The minimum atomic E-state index is -4.50. The summed E-state index contributed by atoms with van der Waals surface area (Å²) in [6, 6.07) is 10.8. The number of alkyl halides is 3. The van der Waals surface area contributed by atoms with Gasteiger partial charge in [0.25, 0.3) is 5.56 Å². The summed E-state index contributed by atoms with van der Waals surface area (Å²) in [5, 5.41) is 9.73. The third-order valence-corrected chi connectivity index (χ3v) is 5.83. The maximum Gasteiger partial charge on any atom is 0.416 e. The number of imidazole rings is 1. The van der Waals surface area contributed by atoms with Gasteiger partial charge in [-0.15, -0.1) is 0 Å². The molecule has 0 saturated heterocycles. The molecule has 8 nitrogen and oxygen atoms in total. The largest absolute Gasteiger partial charge is 0.425 e. The number of hydrogen-bond donors (Lipinski definition) is 1. The van der Waals surface area contributed by atoms with Gasteiger partial charge >= 0.3 is 17.9 Å². The van der Waals surface area contributed by atoms with Gasteiger partial charge in [0, 0.05) is 24.7 Å². The zero-order chi connectivity index (χ0) is 26.0. The molecule has 0 radical (unpaired) electrons. The topological polar surface area (TPSA) is 91.3 Å². The second-order valence-electron chi connectivity index (χ2n) is 7.96. The number of fused-ring (bicyclic) bond motifs is 1. The smallest absolute Gasteiger partial charge is 0.416 e. The molecule has 4 aromatic rings. The summed E-state index contributed by atoms with van der Waals surface area (Å²) in [5.74, 6) is 0.0710. The van der Waals surface area contributed by atoms with E-state index in [4.69, 9.17) is 16.3 Å². The van der Waals surface area contributed by atoms with Crippen LogP contribution in [0.25, 0.3) is 11.2 Å². The first-order chi connectivity index (χ1) is 17.1. The Morgan fingerprint density at radius 2 is 1.67 bits per heavy atom. The van der Waals surface area contributed by atoms with Gasteiger partial charge in [0.2, 0.25) is 0 Å². The molecule has 2 aromatic heterocycles. The van der Waals surface area contributed by atoms with E-state index in [0.717, 1.165) is 34.4 Å². The molecular formula is C24H22ClF3N4O4. The van der Waals surface area contributed by atoms with Crippen LogP contribution in [0, 0.1) is 0 Å². The molecule has 2 heterocycles. The van der Waals surface area contributed by atoms with E-state index in [1.54, 1.807) is 31.2 Å². The Morgan fingerprint density at radius 3 is 2.25 bits per heavy atom. The number of aromatic nitrogens is 4. The fraction of sp³-hybridized carbons (Fsp3) is 0.292. The van der Waals surface area contributed by atoms with Crippen molar-refractivity contribution in [2.75, 3.05) is 6.61 Å². The van der Waals surface area contributed by atoms with Crippen LogP contribution in [0.3, 0.4) is 0 Å². The van der Waals surface area contributed by atoms with Crippen molar-refractivity contribution < 1.29 is 23.0 Å². The van der Waals surface area contributed by atoms with Crippen molar-refractivity contribution in [2.24, 2.45) is 0 Å². The van der Waals surface area contributed by atoms with Gasteiger partial charge in [-0.2, -0.15) is 18.2 Å². The summed E-state index contributed by atoms with van der Waals surface area (Å²) in [5.41, 5.74) is -1.12. The highest BCUT2D eigenvalue weighted by molar-refractivity contribution is 6.30. The number of hydrogen-bond acceptors (Lipinski definition) is 5. The van der Waals surface area contributed by atoms with Crippen molar-refractivity contribution in [3.8, 4) is 11.8 Å². The molecule has 0 aliphatic carbocycles. The average molecular weight is 523 g/mol. The zero-order valence-corrected chi connectivity index (χ0v) is 19.9. The SMILES string of the molecule is CCn1c(=O)n(CCCO)c(=O)c2c1nc(Oc1ccc(C(F)(F)F)cc1)n2Cc1ccc(Cl)cc1. The van der Waals surface area contributed by atoms with Gasteiger partial charge in [-0.3, -0.25) is 18.5 Å². The summed E-state index contributed by atoms with van der Waals surface area (Å²) in [7, 11) is 0. The Labute approximate surface area is 207 Å². The summed E-state index contributed by atoms with van der Waals surface area (Å²) < 4.78 is 48.5. The molecule has 12 heteroatoms. The average Bonchev–Trinajstić information content (AvgIpc) is 3.18. The Morgan fingerprint density at radius 1 is 1.00 bits per heavy atom. The first-order valence-corrected chi connectivity index (χ1v) is 11.5. The number of halogens is 4.